The molecule has 2 aliphatic rings. The number of benzene rings is 2. The lowest BCUT2D eigenvalue weighted by atomic mass is 10.0. The average molecular weight is 389 g/mol. The number of rotatable bonds is 3. The molecule has 144 valence electrons. The molecule has 0 spiro atoms. The van der Waals surface area contributed by atoms with Gasteiger partial charge >= 0.3 is 0 Å². The Kier molecular flexibility index (Phi) is 4.39. The Hall–Kier alpha value is -2.19. The van der Waals surface area contributed by atoms with Crippen LogP contribution in [0.1, 0.15) is 49.9 Å². The smallest absolute Gasteiger partial charge is 0.130 e. The second-order valence-corrected chi connectivity index (χ2v) is 14.2. The third kappa shape index (κ3) is 2.54. The molecule has 0 bridgehead atoms. The number of allylic oxidation sites excluding steroid dienone is 5. The van der Waals surface area contributed by atoms with Crippen molar-refractivity contribution in [3.63, 3.8) is 0 Å². The summed E-state index contributed by atoms with van der Waals surface area (Å²) in [5, 5.41) is 0.0492. The molecule has 0 nitrogen and oxygen atoms in total. The van der Waals surface area contributed by atoms with E-state index in [2.05, 4.69) is 77.2 Å². The maximum absolute atomic E-state index is 14.9. The Labute approximate surface area is 169 Å². The second kappa shape index (κ2) is 6.42. The van der Waals surface area contributed by atoms with Gasteiger partial charge in [-0.25, -0.2) is 4.39 Å². The highest BCUT2D eigenvalue weighted by Crippen LogP contribution is 2.61. The third-order valence-electron chi connectivity index (χ3n) is 7.61. The molecule has 0 fully saturated rings. The predicted molar refractivity (Wildman–Crippen MR) is 121 cm³/mol. The van der Waals surface area contributed by atoms with E-state index in [4.69, 9.17) is 0 Å². The molecular weight excluding hydrogens is 359 g/mol. The summed E-state index contributed by atoms with van der Waals surface area (Å²) >= 11 is 0. The summed E-state index contributed by atoms with van der Waals surface area (Å²) < 4.78 is 14.9. The van der Waals surface area contributed by atoms with Crippen molar-refractivity contribution in [3.05, 3.63) is 93.8 Å². The van der Waals surface area contributed by atoms with Crippen LogP contribution in [0.4, 0.5) is 4.39 Å². The first kappa shape index (κ1) is 19.1. The van der Waals surface area contributed by atoms with E-state index >= 15 is 0 Å². The molecule has 0 saturated carbocycles. The van der Waals surface area contributed by atoms with Crippen molar-refractivity contribution in [2.24, 2.45) is 0 Å². The summed E-state index contributed by atoms with van der Waals surface area (Å²) in [5.41, 5.74) is 9.07. The van der Waals surface area contributed by atoms with Crippen molar-refractivity contribution in [2.45, 2.75) is 51.4 Å². The zero-order valence-corrected chi connectivity index (χ0v) is 18.7. The van der Waals surface area contributed by atoms with Gasteiger partial charge in [-0.1, -0.05) is 85.8 Å². The Morgan fingerprint density at radius 1 is 0.929 bits per heavy atom. The van der Waals surface area contributed by atoms with Crippen LogP contribution in [0.5, 0.6) is 0 Å². The Morgan fingerprint density at radius 2 is 1.57 bits per heavy atom. The second-order valence-electron chi connectivity index (χ2n) is 9.14. The fourth-order valence-corrected chi connectivity index (χ4v) is 9.73. The van der Waals surface area contributed by atoms with Crippen LogP contribution in [-0.2, 0) is 0 Å². The van der Waals surface area contributed by atoms with Crippen molar-refractivity contribution in [1.29, 1.82) is 0 Å². The SMILES string of the molecule is CC1=CC(C)([Si](C)(C)C2C(c3ccccc3F)=Cc3ccccc32)C(C)=C1C. The van der Waals surface area contributed by atoms with Gasteiger partial charge in [0.2, 0.25) is 0 Å². The molecule has 2 heteroatoms. The van der Waals surface area contributed by atoms with Gasteiger partial charge in [0.15, 0.2) is 0 Å². The van der Waals surface area contributed by atoms with E-state index in [1.54, 1.807) is 12.1 Å². The molecule has 2 aromatic carbocycles. The van der Waals surface area contributed by atoms with E-state index in [-0.39, 0.29) is 16.4 Å². The molecule has 2 unspecified atom stereocenters. The molecule has 0 heterocycles. The number of halogens is 1. The van der Waals surface area contributed by atoms with Crippen molar-refractivity contribution >= 4 is 19.7 Å². The highest BCUT2D eigenvalue weighted by Gasteiger charge is 2.53. The van der Waals surface area contributed by atoms with Crippen molar-refractivity contribution in [3.8, 4) is 0 Å². The summed E-state index contributed by atoms with van der Waals surface area (Å²) in [6.07, 6.45) is 4.72. The summed E-state index contributed by atoms with van der Waals surface area (Å²) in [6, 6.07) is 15.9. The van der Waals surface area contributed by atoms with Crippen LogP contribution >= 0.6 is 0 Å². The standard InChI is InChI=1S/C26H29FSi/c1-17-16-26(4,19(3)18(17)2)28(5,6)25-21-12-8-7-11-20(21)15-23(25)22-13-9-10-14-24(22)27/h7-16,25H,1-6H3. The van der Waals surface area contributed by atoms with Gasteiger partial charge in [0, 0.05) is 16.1 Å². The molecule has 2 aliphatic carbocycles. The summed E-state index contributed by atoms with van der Waals surface area (Å²) in [4.78, 5) is 0. The van der Waals surface area contributed by atoms with Crippen LogP contribution in [0.3, 0.4) is 0 Å². The van der Waals surface area contributed by atoms with Crippen LogP contribution < -0.4 is 0 Å². The third-order valence-corrected chi connectivity index (χ3v) is 12.9. The molecular formula is C26H29FSi. The van der Waals surface area contributed by atoms with Gasteiger partial charge in [0.25, 0.3) is 0 Å². The highest BCUT2D eigenvalue weighted by atomic mass is 28.3. The van der Waals surface area contributed by atoms with Gasteiger partial charge in [0.05, 0.1) is 8.07 Å². The topological polar surface area (TPSA) is 0 Å². The summed E-state index contributed by atoms with van der Waals surface area (Å²) in [5.74, 6) is -0.122. The van der Waals surface area contributed by atoms with Gasteiger partial charge in [-0.2, -0.15) is 0 Å². The number of fused-ring (bicyclic) bond motifs is 1. The van der Waals surface area contributed by atoms with E-state index < -0.39 is 8.07 Å². The largest absolute Gasteiger partial charge is 0.206 e. The fourth-order valence-electron chi connectivity index (χ4n) is 5.33. The predicted octanol–water partition coefficient (Wildman–Crippen LogP) is 7.77. The lowest BCUT2D eigenvalue weighted by Crippen LogP contribution is -2.46. The fraction of sp³-hybridized carbons (Fsp3) is 0.308. The average Bonchev–Trinajstić information content (AvgIpc) is 3.15. The van der Waals surface area contributed by atoms with Gasteiger partial charge in [-0.3, -0.25) is 0 Å². The van der Waals surface area contributed by atoms with Crippen LogP contribution in [-0.4, -0.2) is 8.07 Å². The molecule has 4 rings (SSSR count). The first-order chi connectivity index (χ1) is 13.2. The van der Waals surface area contributed by atoms with E-state index in [1.807, 2.05) is 12.1 Å². The normalized spacial score (nSPS) is 24.3. The highest BCUT2D eigenvalue weighted by molar-refractivity contribution is 6.84. The van der Waals surface area contributed by atoms with E-state index in [0.29, 0.717) is 0 Å². The maximum Gasteiger partial charge on any atom is 0.130 e. The van der Waals surface area contributed by atoms with Gasteiger partial charge in [-0.15, -0.1) is 0 Å². The maximum atomic E-state index is 14.9. The molecule has 28 heavy (non-hydrogen) atoms. The van der Waals surface area contributed by atoms with Crippen molar-refractivity contribution in [1.82, 2.24) is 0 Å². The summed E-state index contributed by atoms with van der Waals surface area (Å²) in [7, 11) is -2.00. The molecule has 0 aliphatic heterocycles. The molecule has 2 aromatic rings. The minimum Gasteiger partial charge on any atom is -0.206 e. The zero-order valence-electron chi connectivity index (χ0n) is 17.7. The Morgan fingerprint density at radius 3 is 2.21 bits per heavy atom. The van der Waals surface area contributed by atoms with Crippen LogP contribution in [0.15, 0.2) is 71.3 Å². The number of hydrogen-bond acceptors (Lipinski definition) is 0. The lowest BCUT2D eigenvalue weighted by Gasteiger charge is -2.46. The van der Waals surface area contributed by atoms with Crippen molar-refractivity contribution < 1.29 is 4.39 Å². The van der Waals surface area contributed by atoms with E-state index in [1.165, 1.54) is 27.8 Å². The minimum absolute atomic E-state index is 0.0492. The van der Waals surface area contributed by atoms with E-state index in [0.717, 1.165) is 11.1 Å². The first-order valence-corrected chi connectivity index (χ1v) is 13.2. The molecule has 0 radical (unpaired) electrons. The number of hydrogen-bond donors (Lipinski definition) is 0. The Bertz CT molecular complexity index is 1050. The summed E-state index contributed by atoms with van der Waals surface area (Å²) in [6.45, 7) is 14.2. The molecule has 0 N–H and O–H groups in total. The molecule has 0 amide bonds. The van der Waals surface area contributed by atoms with Crippen LogP contribution in [0, 0.1) is 5.82 Å². The van der Waals surface area contributed by atoms with Crippen LogP contribution in [0.25, 0.3) is 11.6 Å². The van der Waals surface area contributed by atoms with Gasteiger partial charge in [-0.05, 0) is 49.1 Å². The van der Waals surface area contributed by atoms with Gasteiger partial charge in [0.1, 0.15) is 5.82 Å². The molecule has 0 saturated heterocycles. The van der Waals surface area contributed by atoms with Gasteiger partial charge < -0.3 is 0 Å². The Balaban J connectivity index is 1.94. The molecule has 0 aromatic heterocycles. The molecule has 2 atom stereocenters. The quantitative estimate of drug-likeness (QED) is 0.471. The van der Waals surface area contributed by atoms with Crippen LogP contribution in [0.2, 0.25) is 18.1 Å². The zero-order chi connectivity index (χ0) is 20.3. The lowest BCUT2D eigenvalue weighted by molar-refractivity contribution is 0.623. The minimum atomic E-state index is -2.00. The first-order valence-electron chi connectivity index (χ1n) is 10.1. The monoisotopic (exact) mass is 388 g/mol. The van der Waals surface area contributed by atoms with E-state index in [9.17, 15) is 4.39 Å². The van der Waals surface area contributed by atoms with Crippen molar-refractivity contribution in [2.75, 3.05) is 0 Å².